The van der Waals surface area contributed by atoms with E-state index in [2.05, 4.69) is 15.8 Å². The normalized spacial score (nSPS) is 10.4. The highest BCUT2D eigenvalue weighted by Crippen LogP contribution is 2.16. The number of carbonyl (C=O) groups is 3. The first-order chi connectivity index (χ1) is 15.4. The van der Waals surface area contributed by atoms with Gasteiger partial charge in [0.15, 0.2) is 0 Å². The third-order valence-corrected chi connectivity index (χ3v) is 4.32. The number of hydrazone groups is 1. The fraction of sp³-hybridized carbons (Fsp3) is 0.0435. The third kappa shape index (κ3) is 6.41. The van der Waals surface area contributed by atoms with Gasteiger partial charge in [-0.05, 0) is 72.3 Å². The van der Waals surface area contributed by atoms with Crippen molar-refractivity contribution in [2.24, 2.45) is 5.10 Å². The molecular formula is C23H18ClN3O5. The van der Waals surface area contributed by atoms with Crippen LogP contribution in [0.15, 0.2) is 77.9 Å². The Hall–Kier alpha value is -4.17. The average molecular weight is 452 g/mol. The Morgan fingerprint density at radius 2 is 1.59 bits per heavy atom. The maximum atomic E-state index is 12.2. The molecule has 0 aliphatic heterocycles. The van der Waals surface area contributed by atoms with Crippen LogP contribution in [-0.4, -0.2) is 31.1 Å². The number of ether oxygens (including phenoxy) is 2. The molecule has 0 spiro atoms. The summed E-state index contributed by atoms with van der Waals surface area (Å²) in [5.41, 5.74) is 3.52. The SMILES string of the molecule is COc1ccc(C(=O)Oc2ccc(C=NNC(=O)C(=O)Nc3cccc(Cl)c3)cc2)cc1. The van der Waals surface area contributed by atoms with Gasteiger partial charge in [-0.15, -0.1) is 0 Å². The lowest BCUT2D eigenvalue weighted by molar-refractivity contribution is -0.136. The first-order valence-corrected chi connectivity index (χ1v) is 9.68. The van der Waals surface area contributed by atoms with Crippen LogP contribution in [0.4, 0.5) is 5.69 Å². The fourth-order valence-corrected chi connectivity index (χ4v) is 2.68. The summed E-state index contributed by atoms with van der Waals surface area (Å²) >= 11 is 5.83. The predicted octanol–water partition coefficient (Wildman–Crippen LogP) is 3.66. The number of anilines is 1. The molecule has 3 aromatic rings. The zero-order valence-electron chi connectivity index (χ0n) is 16.9. The van der Waals surface area contributed by atoms with E-state index in [9.17, 15) is 14.4 Å². The van der Waals surface area contributed by atoms with E-state index in [4.69, 9.17) is 21.1 Å². The molecule has 3 rings (SSSR count). The number of nitrogens with zero attached hydrogens (tertiary/aromatic N) is 1. The first kappa shape index (κ1) is 22.5. The molecule has 0 bridgehead atoms. The molecule has 9 heteroatoms. The van der Waals surface area contributed by atoms with Crippen molar-refractivity contribution in [3.63, 3.8) is 0 Å². The monoisotopic (exact) mass is 451 g/mol. The first-order valence-electron chi connectivity index (χ1n) is 9.31. The number of nitrogens with one attached hydrogen (secondary N) is 2. The second-order valence-corrected chi connectivity index (χ2v) is 6.79. The second-order valence-electron chi connectivity index (χ2n) is 6.35. The molecule has 3 aromatic carbocycles. The Kier molecular flexibility index (Phi) is 7.55. The molecule has 2 N–H and O–H groups in total. The van der Waals surface area contributed by atoms with Gasteiger partial charge in [0, 0.05) is 10.7 Å². The third-order valence-electron chi connectivity index (χ3n) is 4.08. The number of benzene rings is 3. The van der Waals surface area contributed by atoms with E-state index in [0.717, 1.165) is 0 Å². The molecule has 0 atom stereocenters. The van der Waals surface area contributed by atoms with Crippen LogP contribution in [0, 0.1) is 0 Å². The Bertz CT molecular complexity index is 1150. The molecule has 0 saturated heterocycles. The Labute approximate surface area is 188 Å². The van der Waals surface area contributed by atoms with Crippen LogP contribution in [0.25, 0.3) is 0 Å². The maximum Gasteiger partial charge on any atom is 0.343 e. The number of rotatable bonds is 6. The molecule has 0 fully saturated rings. The van der Waals surface area contributed by atoms with Crippen LogP contribution in [0.5, 0.6) is 11.5 Å². The number of hydrogen-bond acceptors (Lipinski definition) is 6. The van der Waals surface area contributed by atoms with Crippen molar-refractivity contribution in [3.8, 4) is 11.5 Å². The second kappa shape index (κ2) is 10.7. The lowest BCUT2D eigenvalue weighted by atomic mass is 10.2. The quantitative estimate of drug-likeness (QED) is 0.195. The van der Waals surface area contributed by atoms with Crippen LogP contribution < -0.4 is 20.2 Å². The van der Waals surface area contributed by atoms with Crippen LogP contribution in [0.3, 0.4) is 0 Å². The van der Waals surface area contributed by atoms with Gasteiger partial charge < -0.3 is 14.8 Å². The number of carbonyl (C=O) groups excluding carboxylic acids is 3. The number of esters is 1. The van der Waals surface area contributed by atoms with Gasteiger partial charge >= 0.3 is 17.8 Å². The van der Waals surface area contributed by atoms with E-state index in [-0.39, 0.29) is 0 Å². The molecule has 0 saturated carbocycles. The highest BCUT2D eigenvalue weighted by atomic mass is 35.5. The number of halogens is 1. The standard InChI is InChI=1S/C23H18ClN3O5/c1-31-19-11-7-16(8-12-19)23(30)32-20-9-5-15(6-10-20)14-25-27-22(29)21(28)26-18-4-2-3-17(24)13-18/h2-14H,1H3,(H,26,28)(H,27,29). The van der Waals surface area contributed by atoms with Gasteiger partial charge in [-0.3, -0.25) is 9.59 Å². The highest BCUT2D eigenvalue weighted by molar-refractivity contribution is 6.39. The molecule has 2 amide bonds. The molecule has 8 nitrogen and oxygen atoms in total. The van der Waals surface area contributed by atoms with E-state index in [0.29, 0.717) is 33.3 Å². The average Bonchev–Trinajstić information content (AvgIpc) is 2.80. The predicted molar refractivity (Wildman–Crippen MR) is 120 cm³/mol. The van der Waals surface area contributed by atoms with Crippen molar-refractivity contribution < 1.29 is 23.9 Å². The minimum atomic E-state index is -0.939. The minimum Gasteiger partial charge on any atom is -0.497 e. The van der Waals surface area contributed by atoms with Crippen LogP contribution in [0.2, 0.25) is 5.02 Å². The summed E-state index contributed by atoms with van der Waals surface area (Å²) in [4.78, 5) is 35.9. The maximum absolute atomic E-state index is 12.2. The van der Waals surface area contributed by atoms with Crippen molar-refractivity contribution in [2.45, 2.75) is 0 Å². The van der Waals surface area contributed by atoms with E-state index in [1.807, 2.05) is 0 Å². The van der Waals surface area contributed by atoms with E-state index >= 15 is 0 Å². The zero-order chi connectivity index (χ0) is 22.9. The molecule has 0 radical (unpaired) electrons. The van der Waals surface area contributed by atoms with Gasteiger partial charge in [0.05, 0.1) is 18.9 Å². The Balaban J connectivity index is 1.50. The summed E-state index contributed by atoms with van der Waals surface area (Å²) in [5, 5.41) is 6.59. The van der Waals surface area contributed by atoms with Gasteiger partial charge in [-0.25, -0.2) is 10.2 Å². The van der Waals surface area contributed by atoms with Gasteiger partial charge in [0.1, 0.15) is 11.5 Å². The minimum absolute atomic E-state index is 0.341. The van der Waals surface area contributed by atoms with Crippen molar-refractivity contribution >= 4 is 41.3 Å². The summed E-state index contributed by atoms with van der Waals surface area (Å²) in [6.45, 7) is 0. The summed E-state index contributed by atoms with van der Waals surface area (Å²) in [5.74, 6) is -1.35. The highest BCUT2D eigenvalue weighted by Gasteiger charge is 2.13. The molecule has 0 unspecified atom stereocenters. The number of amides is 2. The van der Waals surface area contributed by atoms with Crippen LogP contribution in [-0.2, 0) is 9.59 Å². The Morgan fingerprint density at radius 1 is 0.906 bits per heavy atom. The summed E-state index contributed by atoms with van der Waals surface area (Å²) in [6.07, 6.45) is 1.35. The van der Waals surface area contributed by atoms with E-state index < -0.39 is 17.8 Å². The van der Waals surface area contributed by atoms with Crippen molar-refractivity contribution in [1.82, 2.24) is 5.43 Å². The van der Waals surface area contributed by atoms with E-state index in [1.165, 1.54) is 12.3 Å². The Morgan fingerprint density at radius 3 is 2.25 bits per heavy atom. The number of hydrogen-bond donors (Lipinski definition) is 2. The lowest BCUT2D eigenvalue weighted by Gasteiger charge is -2.05. The van der Waals surface area contributed by atoms with Crippen LogP contribution >= 0.6 is 11.6 Å². The van der Waals surface area contributed by atoms with Crippen molar-refractivity contribution in [2.75, 3.05) is 12.4 Å². The van der Waals surface area contributed by atoms with Crippen molar-refractivity contribution in [1.29, 1.82) is 0 Å². The topological polar surface area (TPSA) is 106 Å². The van der Waals surface area contributed by atoms with Gasteiger partial charge in [0.2, 0.25) is 0 Å². The summed E-state index contributed by atoms with van der Waals surface area (Å²) in [7, 11) is 1.54. The molecule has 0 aliphatic rings. The molecule has 32 heavy (non-hydrogen) atoms. The van der Waals surface area contributed by atoms with E-state index in [1.54, 1.807) is 73.8 Å². The van der Waals surface area contributed by atoms with Crippen molar-refractivity contribution in [3.05, 3.63) is 88.9 Å². The van der Waals surface area contributed by atoms with Gasteiger partial charge in [0.25, 0.3) is 0 Å². The summed E-state index contributed by atoms with van der Waals surface area (Å²) < 4.78 is 10.4. The molecule has 0 aliphatic carbocycles. The largest absolute Gasteiger partial charge is 0.497 e. The molecule has 162 valence electrons. The van der Waals surface area contributed by atoms with Gasteiger partial charge in [-0.1, -0.05) is 17.7 Å². The molecule has 0 heterocycles. The van der Waals surface area contributed by atoms with Crippen LogP contribution in [0.1, 0.15) is 15.9 Å². The number of methoxy groups -OCH3 is 1. The van der Waals surface area contributed by atoms with Gasteiger partial charge in [-0.2, -0.15) is 5.10 Å². The molecule has 0 aromatic heterocycles. The molecular weight excluding hydrogens is 434 g/mol. The lowest BCUT2D eigenvalue weighted by Crippen LogP contribution is -2.32. The summed E-state index contributed by atoms with van der Waals surface area (Å²) in [6, 6.07) is 19.4. The smallest absolute Gasteiger partial charge is 0.343 e. The fourth-order valence-electron chi connectivity index (χ4n) is 2.49. The zero-order valence-corrected chi connectivity index (χ0v) is 17.6.